The van der Waals surface area contributed by atoms with Crippen molar-refractivity contribution < 1.29 is 4.39 Å². The summed E-state index contributed by atoms with van der Waals surface area (Å²) >= 11 is 0. The number of nitrogens with zero attached hydrogens (tertiary/aromatic N) is 1. The molecule has 1 fully saturated rings. The Bertz CT molecular complexity index is 279. The van der Waals surface area contributed by atoms with Crippen LogP contribution in [0.5, 0.6) is 0 Å². The van der Waals surface area contributed by atoms with Crippen molar-refractivity contribution in [1.82, 2.24) is 0 Å². The molecule has 13 heavy (non-hydrogen) atoms. The summed E-state index contributed by atoms with van der Waals surface area (Å²) in [7, 11) is 0. The van der Waals surface area contributed by atoms with Crippen LogP contribution in [0.15, 0.2) is 24.3 Å². The van der Waals surface area contributed by atoms with Gasteiger partial charge >= 0.3 is 0 Å². The van der Waals surface area contributed by atoms with E-state index in [0.717, 1.165) is 12.2 Å². The first-order valence-corrected chi connectivity index (χ1v) is 4.83. The molecule has 1 aromatic rings. The first-order valence-electron chi connectivity index (χ1n) is 4.83. The minimum atomic E-state index is -0.155. The van der Waals surface area contributed by atoms with Crippen LogP contribution in [0, 0.1) is 5.82 Å². The smallest absolute Gasteiger partial charge is 0.123 e. The van der Waals surface area contributed by atoms with Crippen LogP contribution in [0.25, 0.3) is 0 Å². The highest BCUT2D eigenvalue weighted by Crippen LogP contribution is 2.27. The number of hydrogen-bond acceptors (Lipinski definition) is 1. The lowest BCUT2D eigenvalue weighted by Gasteiger charge is -2.42. The molecule has 1 aliphatic rings. The normalized spacial score (nSPS) is 21.4. The number of halogens is 1. The predicted molar refractivity (Wildman–Crippen MR) is 52.4 cm³/mol. The Morgan fingerprint density at radius 2 is 2.08 bits per heavy atom. The molecule has 0 aromatic heterocycles. The molecule has 1 saturated heterocycles. The first kappa shape index (κ1) is 8.54. The van der Waals surface area contributed by atoms with E-state index in [9.17, 15) is 4.39 Å². The van der Waals surface area contributed by atoms with Gasteiger partial charge < -0.3 is 4.90 Å². The van der Waals surface area contributed by atoms with Gasteiger partial charge in [0.15, 0.2) is 0 Å². The van der Waals surface area contributed by atoms with Crippen molar-refractivity contribution in [3.8, 4) is 0 Å². The molecule has 1 nitrogen and oxygen atoms in total. The second-order valence-corrected chi connectivity index (χ2v) is 3.52. The number of hydrogen-bond donors (Lipinski definition) is 0. The van der Waals surface area contributed by atoms with E-state index in [-0.39, 0.29) is 5.82 Å². The standard InChI is InChI=1S/C11H14FN/c1-2-10-7-8-13(10)11-5-3-9(12)4-6-11/h3-6,10H,2,7-8H2,1H3. The van der Waals surface area contributed by atoms with Crippen LogP contribution in [-0.4, -0.2) is 12.6 Å². The molecule has 0 saturated carbocycles. The Morgan fingerprint density at radius 3 is 2.54 bits per heavy atom. The number of rotatable bonds is 2. The van der Waals surface area contributed by atoms with Crippen LogP contribution in [0.3, 0.4) is 0 Å². The van der Waals surface area contributed by atoms with E-state index in [1.54, 1.807) is 0 Å². The van der Waals surface area contributed by atoms with Crippen molar-refractivity contribution >= 4 is 5.69 Å². The second-order valence-electron chi connectivity index (χ2n) is 3.52. The third-order valence-electron chi connectivity index (χ3n) is 2.77. The van der Waals surface area contributed by atoms with E-state index in [1.165, 1.54) is 25.0 Å². The molecule has 1 atom stereocenters. The highest BCUT2D eigenvalue weighted by Gasteiger charge is 2.25. The fourth-order valence-corrected chi connectivity index (χ4v) is 1.84. The van der Waals surface area contributed by atoms with Gasteiger partial charge in [0.2, 0.25) is 0 Å². The summed E-state index contributed by atoms with van der Waals surface area (Å²) in [4.78, 5) is 2.33. The maximum Gasteiger partial charge on any atom is 0.123 e. The maximum absolute atomic E-state index is 12.6. The fourth-order valence-electron chi connectivity index (χ4n) is 1.84. The van der Waals surface area contributed by atoms with E-state index < -0.39 is 0 Å². The van der Waals surface area contributed by atoms with Crippen molar-refractivity contribution in [2.24, 2.45) is 0 Å². The average Bonchev–Trinajstić information content (AvgIpc) is 2.08. The molecule has 1 aliphatic heterocycles. The Labute approximate surface area is 78.2 Å². The summed E-state index contributed by atoms with van der Waals surface area (Å²) in [5, 5.41) is 0. The van der Waals surface area contributed by atoms with Crippen molar-refractivity contribution in [1.29, 1.82) is 0 Å². The SMILES string of the molecule is CCC1CCN1c1ccc(F)cc1. The first-order chi connectivity index (χ1) is 6.31. The van der Waals surface area contributed by atoms with Gasteiger partial charge in [0.1, 0.15) is 5.82 Å². The topological polar surface area (TPSA) is 3.24 Å². The Kier molecular flexibility index (Phi) is 2.21. The van der Waals surface area contributed by atoms with E-state index in [4.69, 9.17) is 0 Å². The third-order valence-corrected chi connectivity index (χ3v) is 2.77. The van der Waals surface area contributed by atoms with Gasteiger partial charge in [-0.05, 0) is 37.1 Å². The molecule has 0 spiro atoms. The van der Waals surface area contributed by atoms with Gasteiger partial charge in [0, 0.05) is 18.3 Å². The molecule has 0 amide bonds. The average molecular weight is 179 g/mol. The second kappa shape index (κ2) is 3.36. The summed E-state index contributed by atoms with van der Waals surface area (Å²) in [5.41, 5.74) is 1.15. The van der Waals surface area contributed by atoms with Gasteiger partial charge in [-0.15, -0.1) is 0 Å². The predicted octanol–water partition coefficient (Wildman–Crippen LogP) is 2.81. The molecule has 0 N–H and O–H groups in total. The molecular weight excluding hydrogens is 165 g/mol. The molecule has 0 radical (unpaired) electrons. The highest BCUT2D eigenvalue weighted by atomic mass is 19.1. The van der Waals surface area contributed by atoms with Crippen LogP contribution in [-0.2, 0) is 0 Å². The molecule has 1 unspecified atom stereocenters. The summed E-state index contributed by atoms with van der Waals surface area (Å²) in [5.74, 6) is -0.155. The fraction of sp³-hybridized carbons (Fsp3) is 0.455. The molecule has 0 bridgehead atoms. The summed E-state index contributed by atoms with van der Waals surface area (Å²) in [6.45, 7) is 3.31. The van der Waals surface area contributed by atoms with Crippen molar-refractivity contribution in [2.45, 2.75) is 25.8 Å². The highest BCUT2D eigenvalue weighted by molar-refractivity contribution is 5.49. The lowest BCUT2D eigenvalue weighted by Crippen LogP contribution is -2.47. The summed E-state index contributed by atoms with van der Waals surface area (Å²) in [6, 6.07) is 7.44. The summed E-state index contributed by atoms with van der Waals surface area (Å²) < 4.78 is 12.6. The zero-order valence-corrected chi connectivity index (χ0v) is 7.83. The van der Waals surface area contributed by atoms with Gasteiger partial charge in [-0.25, -0.2) is 4.39 Å². The molecule has 70 valence electrons. The zero-order chi connectivity index (χ0) is 9.26. The van der Waals surface area contributed by atoms with E-state index in [1.807, 2.05) is 12.1 Å². The van der Waals surface area contributed by atoms with Gasteiger partial charge in [-0.1, -0.05) is 6.92 Å². The van der Waals surface area contributed by atoms with Gasteiger partial charge in [-0.2, -0.15) is 0 Å². The van der Waals surface area contributed by atoms with Crippen molar-refractivity contribution in [3.63, 3.8) is 0 Å². The third kappa shape index (κ3) is 1.53. The van der Waals surface area contributed by atoms with Crippen molar-refractivity contribution in [2.75, 3.05) is 11.4 Å². The molecule has 1 aromatic carbocycles. The van der Waals surface area contributed by atoms with Gasteiger partial charge in [0.05, 0.1) is 0 Å². The number of anilines is 1. The lowest BCUT2D eigenvalue weighted by molar-refractivity contribution is 0.437. The quantitative estimate of drug-likeness (QED) is 0.674. The van der Waals surface area contributed by atoms with Gasteiger partial charge in [0.25, 0.3) is 0 Å². The van der Waals surface area contributed by atoms with E-state index >= 15 is 0 Å². The molecular formula is C11H14FN. The Balaban J connectivity index is 2.12. The lowest BCUT2D eigenvalue weighted by atomic mass is 9.99. The minimum Gasteiger partial charge on any atom is -0.368 e. The van der Waals surface area contributed by atoms with Crippen LogP contribution in [0.1, 0.15) is 19.8 Å². The Morgan fingerprint density at radius 1 is 1.38 bits per heavy atom. The van der Waals surface area contributed by atoms with Crippen molar-refractivity contribution in [3.05, 3.63) is 30.1 Å². The van der Waals surface area contributed by atoms with Gasteiger partial charge in [-0.3, -0.25) is 0 Å². The molecule has 2 heteroatoms. The largest absolute Gasteiger partial charge is 0.368 e. The Hall–Kier alpha value is -1.05. The monoisotopic (exact) mass is 179 g/mol. The van der Waals surface area contributed by atoms with E-state index in [0.29, 0.717) is 6.04 Å². The van der Waals surface area contributed by atoms with E-state index in [2.05, 4.69) is 11.8 Å². The van der Waals surface area contributed by atoms with Crippen LogP contribution in [0.4, 0.5) is 10.1 Å². The molecule has 2 rings (SSSR count). The molecule has 1 heterocycles. The van der Waals surface area contributed by atoms with Crippen LogP contribution < -0.4 is 4.90 Å². The van der Waals surface area contributed by atoms with Crippen LogP contribution in [0.2, 0.25) is 0 Å². The number of benzene rings is 1. The zero-order valence-electron chi connectivity index (χ0n) is 7.83. The summed E-state index contributed by atoms with van der Waals surface area (Å²) in [6.07, 6.45) is 2.45. The maximum atomic E-state index is 12.6. The molecule has 0 aliphatic carbocycles. The minimum absolute atomic E-state index is 0.155. The van der Waals surface area contributed by atoms with Crippen LogP contribution >= 0.6 is 0 Å².